The van der Waals surface area contributed by atoms with Crippen molar-refractivity contribution >= 4 is 5.96 Å². The zero-order chi connectivity index (χ0) is 18.4. The third kappa shape index (κ3) is 4.79. The number of rotatable bonds is 6. The highest BCUT2D eigenvalue weighted by atomic mass is 19.1. The molecule has 0 unspecified atom stereocenters. The Balaban J connectivity index is 1.95. The zero-order valence-electron chi connectivity index (χ0n) is 15.5. The molecule has 0 saturated carbocycles. The van der Waals surface area contributed by atoms with Gasteiger partial charge in [-0.05, 0) is 31.5 Å². The average Bonchev–Trinajstić information content (AvgIpc) is 2.83. The molecule has 2 rings (SSSR count). The minimum atomic E-state index is -0.254. The first-order chi connectivity index (χ1) is 12.0. The Hall–Kier alpha value is -2.41. The Morgan fingerprint density at radius 1 is 1.28 bits per heavy atom. The fourth-order valence-electron chi connectivity index (χ4n) is 2.66. The molecule has 2 aromatic rings. The van der Waals surface area contributed by atoms with Gasteiger partial charge in [0.2, 0.25) is 0 Å². The summed E-state index contributed by atoms with van der Waals surface area (Å²) in [6.07, 6.45) is 0. The van der Waals surface area contributed by atoms with Crippen LogP contribution in [-0.2, 0) is 31.5 Å². The third-order valence-corrected chi connectivity index (χ3v) is 4.19. The monoisotopic (exact) mass is 347 g/mol. The Morgan fingerprint density at radius 3 is 2.60 bits per heavy atom. The van der Waals surface area contributed by atoms with E-state index < -0.39 is 0 Å². The van der Waals surface area contributed by atoms with Crippen LogP contribution in [-0.4, -0.2) is 29.9 Å². The molecule has 0 aliphatic carbocycles. The van der Waals surface area contributed by atoms with Crippen LogP contribution in [0.25, 0.3) is 0 Å². The molecule has 1 heterocycles. The number of methoxy groups -OCH3 is 1. The van der Waals surface area contributed by atoms with Crippen LogP contribution in [0.15, 0.2) is 23.2 Å². The second kappa shape index (κ2) is 8.62. The van der Waals surface area contributed by atoms with Crippen molar-refractivity contribution in [3.8, 4) is 0 Å². The summed E-state index contributed by atoms with van der Waals surface area (Å²) in [7, 11) is 5.21. The summed E-state index contributed by atoms with van der Waals surface area (Å²) in [6.45, 7) is 5.48. The number of nitrogens with one attached hydrogen (secondary N) is 2. The van der Waals surface area contributed by atoms with E-state index in [-0.39, 0.29) is 12.4 Å². The van der Waals surface area contributed by atoms with Gasteiger partial charge in [0.15, 0.2) is 5.96 Å². The third-order valence-electron chi connectivity index (χ3n) is 4.19. The van der Waals surface area contributed by atoms with E-state index in [0.717, 1.165) is 22.5 Å². The number of nitrogens with zero attached hydrogens (tertiary/aromatic N) is 3. The zero-order valence-corrected chi connectivity index (χ0v) is 15.5. The highest BCUT2D eigenvalue weighted by Crippen LogP contribution is 2.12. The number of aromatic nitrogens is 2. The van der Waals surface area contributed by atoms with E-state index in [2.05, 4.69) is 20.7 Å². The maximum Gasteiger partial charge on any atom is 0.191 e. The molecule has 0 radical (unpaired) electrons. The van der Waals surface area contributed by atoms with Crippen LogP contribution in [0.2, 0.25) is 0 Å². The fourth-order valence-corrected chi connectivity index (χ4v) is 2.66. The van der Waals surface area contributed by atoms with Gasteiger partial charge in [-0.15, -0.1) is 0 Å². The number of hydrogen-bond acceptors (Lipinski definition) is 3. The van der Waals surface area contributed by atoms with E-state index >= 15 is 0 Å². The highest BCUT2D eigenvalue weighted by molar-refractivity contribution is 5.79. The molecule has 0 fully saturated rings. The minimum absolute atomic E-state index is 0.254. The molecule has 25 heavy (non-hydrogen) atoms. The van der Waals surface area contributed by atoms with Crippen molar-refractivity contribution in [2.45, 2.75) is 33.5 Å². The summed E-state index contributed by atoms with van der Waals surface area (Å²) in [5, 5.41) is 10.9. The molecule has 2 N–H and O–H groups in total. The molecule has 6 nitrogen and oxygen atoms in total. The van der Waals surface area contributed by atoms with Crippen LogP contribution in [0, 0.1) is 19.7 Å². The van der Waals surface area contributed by atoms with Gasteiger partial charge < -0.3 is 15.4 Å². The van der Waals surface area contributed by atoms with Gasteiger partial charge in [-0.3, -0.25) is 9.67 Å². The Kier molecular flexibility index (Phi) is 6.52. The van der Waals surface area contributed by atoms with Crippen LogP contribution in [0.3, 0.4) is 0 Å². The SMILES string of the molecule is CN=C(NCc1ccc(F)c(COC)c1)NCc1c(C)nn(C)c1C. The number of benzene rings is 1. The highest BCUT2D eigenvalue weighted by Gasteiger charge is 2.10. The van der Waals surface area contributed by atoms with Gasteiger partial charge in [0, 0.05) is 51.1 Å². The number of aliphatic imine (C=N–C) groups is 1. The van der Waals surface area contributed by atoms with E-state index in [4.69, 9.17) is 4.74 Å². The average molecular weight is 347 g/mol. The Morgan fingerprint density at radius 2 is 2.00 bits per heavy atom. The predicted molar refractivity (Wildman–Crippen MR) is 96.8 cm³/mol. The number of halogens is 1. The second-order valence-corrected chi connectivity index (χ2v) is 5.91. The van der Waals surface area contributed by atoms with Crippen molar-refractivity contribution in [3.05, 3.63) is 52.1 Å². The maximum absolute atomic E-state index is 13.7. The molecule has 0 atom stereocenters. The maximum atomic E-state index is 13.7. The fraction of sp³-hybridized carbons (Fsp3) is 0.444. The van der Waals surface area contributed by atoms with Gasteiger partial charge in [-0.25, -0.2) is 4.39 Å². The first-order valence-electron chi connectivity index (χ1n) is 8.16. The van der Waals surface area contributed by atoms with Crippen molar-refractivity contribution in [3.63, 3.8) is 0 Å². The van der Waals surface area contributed by atoms with E-state index in [9.17, 15) is 4.39 Å². The van der Waals surface area contributed by atoms with Crippen molar-refractivity contribution in [1.82, 2.24) is 20.4 Å². The standard InChI is InChI=1S/C18H26FN5O/c1-12-16(13(2)24(4)23-12)10-22-18(20-3)21-9-14-6-7-17(19)15(8-14)11-25-5/h6-8H,9-11H2,1-5H3,(H2,20,21,22). The van der Waals surface area contributed by atoms with Crippen LogP contribution in [0.1, 0.15) is 28.1 Å². The Bertz CT molecular complexity index is 754. The number of aryl methyl sites for hydroxylation is 2. The van der Waals surface area contributed by atoms with Crippen LogP contribution in [0.5, 0.6) is 0 Å². The molecule has 0 amide bonds. The second-order valence-electron chi connectivity index (χ2n) is 5.91. The molecule has 0 saturated heterocycles. The van der Waals surface area contributed by atoms with Crippen LogP contribution < -0.4 is 10.6 Å². The smallest absolute Gasteiger partial charge is 0.191 e. The minimum Gasteiger partial charge on any atom is -0.380 e. The van der Waals surface area contributed by atoms with E-state index in [1.807, 2.05) is 25.6 Å². The lowest BCUT2D eigenvalue weighted by Gasteiger charge is -2.13. The van der Waals surface area contributed by atoms with Gasteiger partial charge in [0.05, 0.1) is 12.3 Å². The largest absolute Gasteiger partial charge is 0.380 e. The van der Waals surface area contributed by atoms with Gasteiger partial charge in [-0.2, -0.15) is 5.10 Å². The van der Waals surface area contributed by atoms with Crippen molar-refractivity contribution in [2.24, 2.45) is 12.0 Å². The van der Waals surface area contributed by atoms with Crippen molar-refractivity contribution in [2.75, 3.05) is 14.2 Å². The van der Waals surface area contributed by atoms with Gasteiger partial charge in [0.1, 0.15) is 5.82 Å². The molecule has 0 bridgehead atoms. The van der Waals surface area contributed by atoms with E-state index in [1.165, 1.54) is 6.07 Å². The topological polar surface area (TPSA) is 63.5 Å². The van der Waals surface area contributed by atoms with Gasteiger partial charge in [-0.1, -0.05) is 6.07 Å². The molecule has 1 aromatic heterocycles. The number of guanidine groups is 1. The Labute approximate surface area is 148 Å². The molecule has 136 valence electrons. The molecular weight excluding hydrogens is 321 g/mol. The molecule has 0 spiro atoms. The van der Waals surface area contributed by atoms with Crippen LogP contribution >= 0.6 is 0 Å². The summed E-state index contributed by atoms with van der Waals surface area (Å²) in [4.78, 5) is 4.23. The van der Waals surface area contributed by atoms with Gasteiger partial charge in [0.25, 0.3) is 0 Å². The number of ether oxygens (including phenoxy) is 1. The first kappa shape index (κ1) is 18.9. The summed E-state index contributed by atoms with van der Waals surface area (Å²) in [6, 6.07) is 5.02. The quantitative estimate of drug-likeness (QED) is 0.621. The molecule has 0 aliphatic heterocycles. The van der Waals surface area contributed by atoms with E-state index in [1.54, 1.807) is 26.3 Å². The molecule has 7 heteroatoms. The summed E-state index contributed by atoms with van der Waals surface area (Å²) < 4.78 is 20.6. The normalized spacial score (nSPS) is 11.7. The molecule has 1 aromatic carbocycles. The van der Waals surface area contributed by atoms with Crippen molar-refractivity contribution in [1.29, 1.82) is 0 Å². The molecule has 0 aliphatic rings. The predicted octanol–water partition coefficient (Wildman–Crippen LogP) is 2.19. The van der Waals surface area contributed by atoms with Gasteiger partial charge >= 0.3 is 0 Å². The lowest BCUT2D eigenvalue weighted by molar-refractivity contribution is 0.181. The van der Waals surface area contributed by atoms with Crippen LogP contribution in [0.4, 0.5) is 4.39 Å². The number of hydrogen-bond donors (Lipinski definition) is 2. The molecular formula is C18H26FN5O. The first-order valence-corrected chi connectivity index (χ1v) is 8.16. The summed E-state index contributed by atoms with van der Waals surface area (Å²) in [5.41, 5.74) is 4.81. The summed E-state index contributed by atoms with van der Waals surface area (Å²) in [5.74, 6) is 0.427. The summed E-state index contributed by atoms with van der Waals surface area (Å²) >= 11 is 0. The van der Waals surface area contributed by atoms with E-state index in [0.29, 0.717) is 24.6 Å². The lowest BCUT2D eigenvalue weighted by Crippen LogP contribution is -2.36. The lowest BCUT2D eigenvalue weighted by atomic mass is 10.1. The van der Waals surface area contributed by atoms with Crippen molar-refractivity contribution < 1.29 is 9.13 Å².